The van der Waals surface area contributed by atoms with E-state index >= 15 is 0 Å². The summed E-state index contributed by atoms with van der Waals surface area (Å²) in [5, 5.41) is 1.27. The van der Waals surface area contributed by atoms with Crippen molar-refractivity contribution >= 4 is 16.5 Å². The van der Waals surface area contributed by atoms with Gasteiger partial charge in [-0.2, -0.15) is 0 Å². The second-order valence-corrected chi connectivity index (χ2v) is 7.54. The van der Waals surface area contributed by atoms with Gasteiger partial charge in [0, 0.05) is 30.0 Å². The van der Waals surface area contributed by atoms with E-state index in [1.165, 1.54) is 68.0 Å². The lowest BCUT2D eigenvalue weighted by atomic mass is 9.99. The monoisotopic (exact) mass is 323 g/mol. The predicted molar refractivity (Wildman–Crippen MR) is 101 cm³/mol. The van der Waals surface area contributed by atoms with Gasteiger partial charge < -0.3 is 9.32 Å². The molecule has 0 spiro atoms. The summed E-state index contributed by atoms with van der Waals surface area (Å²) >= 11 is 0. The summed E-state index contributed by atoms with van der Waals surface area (Å²) in [5.41, 5.74) is 3.93. The molecule has 2 heteroatoms. The van der Waals surface area contributed by atoms with E-state index in [1.54, 1.807) is 0 Å². The van der Waals surface area contributed by atoms with Gasteiger partial charge in [-0.05, 0) is 63.6 Å². The van der Waals surface area contributed by atoms with Crippen LogP contribution in [0.2, 0.25) is 0 Å². The van der Waals surface area contributed by atoms with Crippen molar-refractivity contribution in [1.82, 2.24) is 4.90 Å². The lowest BCUT2D eigenvalue weighted by molar-refractivity contribution is 0.266. The lowest BCUT2D eigenvalue weighted by Crippen LogP contribution is -2.28. The van der Waals surface area contributed by atoms with Crippen LogP contribution in [0.1, 0.15) is 63.2 Å². The molecule has 0 saturated carbocycles. The third kappa shape index (κ3) is 3.30. The van der Waals surface area contributed by atoms with Gasteiger partial charge >= 0.3 is 0 Å². The molecule has 1 aliphatic carbocycles. The van der Waals surface area contributed by atoms with E-state index < -0.39 is 0 Å². The molecule has 128 valence electrons. The van der Waals surface area contributed by atoms with Crippen molar-refractivity contribution in [2.24, 2.45) is 0 Å². The summed E-state index contributed by atoms with van der Waals surface area (Å²) in [5.74, 6) is 1.14. The standard InChI is InChI=1S/C22H29NO/c1-17-8-7-14-23(17)15-13-20-16-19-11-6-12-21(22(19)24-20)18-9-4-2-3-5-10-18/h6,9,11-12,16-17H,2-5,7-8,10,13-15H2,1H3. The largest absolute Gasteiger partial charge is 0.460 e. The van der Waals surface area contributed by atoms with E-state index in [-0.39, 0.29) is 0 Å². The Bertz CT molecular complexity index is 727. The molecular formula is C22H29NO. The molecule has 24 heavy (non-hydrogen) atoms. The van der Waals surface area contributed by atoms with Crippen LogP contribution < -0.4 is 0 Å². The molecule has 1 aliphatic heterocycles. The first kappa shape index (κ1) is 16.0. The molecule has 2 nitrogen and oxygen atoms in total. The number of allylic oxidation sites excluding steroid dienone is 2. The van der Waals surface area contributed by atoms with Gasteiger partial charge in [-0.25, -0.2) is 0 Å². The van der Waals surface area contributed by atoms with Crippen molar-refractivity contribution in [2.45, 2.75) is 64.3 Å². The van der Waals surface area contributed by atoms with Gasteiger partial charge in [-0.15, -0.1) is 0 Å². The number of hydrogen-bond acceptors (Lipinski definition) is 2. The Hall–Kier alpha value is -1.54. The fourth-order valence-electron chi connectivity index (χ4n) is 4.33. The molecular weight excluding hydrogens is 294 g/mol. The summed E-state index contributed by atoms with van der Waals surface area (Å²) in [7, 11) is 0. The van der Waals surface area contributed by atoms with Crippen LogP contribution in [0.3, 0.4) is 0 Å². The highest BCUT2D eigenvalue weighted by molar-refractivity contribution is 5.90. The number of nitrogens with zero attached hydrogens (tertiary/aromatic N) is 1. The minimum absolute atomic E-state index is 0.737. The average Bonchev–Trinajstić information content (AvgIpc) is 3.09. The van der Waals surface area contributed by atoms with Crippen LogP contribution in [0.4, 0.5) is 0 Å². The van der Waals surface area contributed by atoms with Crippen molar-refractivity contribution in [3.63, 3.8) is 0 Å². The van der Waals surface area contributed by atoms with Gasteiger partial charge in [-0.1, -0.05) is 30.7 Å². The average molecular weight is 323 g/mol. The zero-order valence-electron chi connectivity index (χ0n) is 14.9. The van der Waals surface area contributed by atoms with Crippen LogP contribution in [-0.4, -0.2) is 24.0 Å². The van der Waals surface area contributed by atoms with E-state index in [0.29, 0.717) is 0 Å². The fourth-order valence-corrected chi connectivity index (χ4v) is 4.33. The molecule has 1 aromatic heterocycles. The first-order chi connectivity index (χ1) is 11.8. The normalized spacial score (nSPS) is 22.7. The van der Waals surface area contributed by atoms with E-state index in [9.17, 15) is 0 Å². The number of likely N-dealkylation sites (tertiary alicyclic amines) is 1. The van der Waals surface area contributed by atoms with Crippen LogP contribution in [0.5, 0.6) is 0 Å². The molecule has 1 aromatic carbocycles. The molecule has 1 unspecified atom stereocenters. The maximum Gasteiger partial charge on any atom is 0.141 e. The maximum absolute atomic E-state index is 6.32. The fraction of sp³-hybridized carbons (Fsp3) is 0.545. The molecule has 0 bridgehead atoms. The summed E-state index contributed by atoms with van der Waals surface area (Å²) in [6.45, 7) is 4.72. The summed E-state index contributed by atoms with van der Waals surface area (Å²) < 4.78 is 6.32. The van der Waals surface area contributed by atoms with Gasteiger partial charge in [0.1, 0.15) is 11.3 Å². The van der Waals surface area contributed by atoms with Crippen LogP contribution >= 0.6 is 0 Å². The van der Waals surface area contributed by atoms with Gasteiger partial charge in [0.25, 0.3) is 0 Å². The summed E-state index contributed by atoms with van der Waals surface area (Å²) in [6.07, 6.45) is 12.6. The Morgan fingerprint density at radius 2 is 2.12 bits per heavy atom. The first-order valence-corrected chi connectivity index (χ1v) is 9.76. The van der Waals surface area contributed by atoms with Crippen LogP contribution in [0, 0.1) is 0 Å². The molecule has 2 heterocycles. The Kier molecular flexibility index (Phi) is 4.75. The molecule has 0 radical (unpaired) electrons. The first-order valence-electron chi connectivity index (χ1n) is 9.76. The molecule has 0 amide bonds. The Morgan fingerprint density at radius 3 is 3.00 bits per heavy atom. The van der Waals surface area contributed by atoms with Gasteiger partial charge in [-0.3, -0.25) is 0 Å². The second kappa shape index (κ2) is 7.14. The van der Waals surface area contributed by atoms with Crippen molar-refractivity contribution in [2.75, 3.05) is 13.1 Å². The number of fused-ring (bicyclic) bond motifs is 1. The van der Waals surface area contributed by atoms with E-state index in [4.69, 9.17) is 4.42 Å². The second-order valence-electron chi connectivity index (χ2n) is 7.54. The SMILES string of the molecule is CC1CCCN1CCc1cc2cccc(C3=CCCCCC3)c2o1. The molecule has 2 aromatic rings. The highest BCUT2D eigenvalue weighted by Crippen LogP contribution is 2.33. The number of furan rings is 1. The van der Waals surface area contributed by atoms with Gasteiger partial charge in [0.15, 0.2) is 0 Å². The number of benzene rings is 1. The minimum Gasteiger partial charge on any atom is -0.460 e. The molecule has 0 N–H and O–H groups in total. The van der Waals surface area contributed by atoms with Crippen molar-refractivity contribution in [3.8, 4) is 0 Å². The summed E-state index contributed by atoms with van der Waals surface area (Å²) in [4.78, 5) is 2.60. The smallest absolute Gasteiger partial charge is 0.141 e. The highest BCUT2D eigenvalue weighted by atomic mass is 16.3. The van der Waals surface area contributed by atoms with E-state index in [2.05, 4.69) is 42.2 Å². The highest BCUT2D eigenvalue weighted by Gasteiger charge is 2.20. The molecule has 1 atom stereocenters. The van der Waals surface area contributed by atoms with Crippen LogP contribution in [-0.2, 0) is 6.42 Å². The predicted octanol–water partition coefficient (Wildman–Crippen LogP) is 5.81. The molecule has 1 saturated heterocycles. The van der Waals surface area contributed by atoms with Crippen molar-refractivity contribution < 1.29 is 4.42 Å². The van der Waals surface area contributed by atoms with Crippen LogP contribution in [0.25, 0.3) is 16.5 Å². The minimum atomic E-state index is 0.737. The maximum atomic E-state index is 6.32. The third-order valence-electron chi connectivity index (χ3n) is 5.82. The molecule has 4 rings (SSSR count). The zero-order chi connectivity index (χ0) is 16.4. The van der Waals surface area contributed by atoms with Crippen molar-refractivity contribution in [3.05, 3.63) is 41.7 Å². The van der Waals surface area contributed by atoms with Gasteiger partial charge in [0.05, 0.1) is 0 Å². The molecule has 1 fully saturated rings. The number of hydrogen-bond donors (Lipinski definition) is 0. The van der Waals surface area contributed by atoms with Crippen LogP contribution in [0.15, 0.2) is 34.8 Å². The number of rotatable bonds is 4. The van der Waals surface area contributed by atoms with Gasteiger partial charge in [0.2, 0.25) is 0 Å². The topological polar surface area (TPSA) is 16.4 Å². The lowest BCUT2D eigenvalue weighted by Gasteiger charge is -2.19. The zero-order valence-corrected chi connectivity index (χ0v) is 14.9. The molecule has 2 aliphatic rings. The van der Waals surface area contributed by atoms with Crippen molar-refractivity contribution in [1.29, 1.82) is 0 Å². The number of para-hydroxylation sites is 1. The third-order valence-corrected chi connectivity index (χ3v) is 5.82. The van der Waals surface area contributed by atoms with E-state index in [0.717, 1.165) is 30.4 Å². The van der Waals surface area contributed by atoms with E-state index in [1.807, 2.05) is 0 Å². The Labute approximate surface area is 145 Å². The quantitative estimate of drug-likeness (QED) is 0.706. The Morgan fingerprint density at radius 1 is 1.17 bits per heavy atom. The summed E-state index contributed by atoms with van der Waals surface area (Å²) in [6, 6.07) is 9.62. The Balaban J connectivity index is 1.56.